The van der Waals surface area contributed by atoms with Crippen LogP contribution < -0.4 is 10.0 Å². The second-order valence-corrected chi connectivity index (χ2v) is 9.00. The minimum absolute atomic E-state index is 0.122. The SMILES string of the molecule is CS(=O)(=O)Nc1ccc(C2(C(=O)NCC3CCCCC3)CC2)cc1. The molecule has 2 aliphatic carbocycles. The molecule has 1 amide bonds. The largest absolute Gasteiger partial charge is 0.355 e. The summed E-state index contributed by atoms with van der Waals surface area (Å²) in [7, 11) is -3.28. The van der Waals surface area contributed by atoms with Crippen molar-refractivity contribution in [2.45, 2.75) is 50.4 Å². The van der Waals surface area contributed by atoms with Crippen molar-refractivity contribution in [2.24, 2.45) is 5.92 Å². The fraction of sp³-hybridized carbons (Fsp3) is 0.611. The van der Waals surface area contributed by atoms with Gasteiger partial charge in [0.25, 0.3) is 0 Å². The molecule has 0 atom stereocenters. The molecule has 1 aromatic carbocycles. The van der Waals surface area contributed by atoms with E-state index in [-0.39, 0.29) is 5.91 Å². The lowest BCUT2D eigenvalue weighted by atomic mass is 9.88. The van der Waals surface area contributed by atoms with Crippen molar-refractivity contribution < 1.29 is 13.2 Å². The number of rotatable bonds is 6. The number of nitrogens with one attached hydrogen (secondary N) is 2. The third kappa shape index (κ3) is 4.09. The van der Waals surface area contributed by atoms with Crippen molar-refractivity contribution in [3.63, 3.8) is 0 Å². The maximum absolute atomic E-state index is 12.7. The molecule has 0 unspecified atom stereocenters. The number of hydrogen-bond donors (Lipinski definition) is 2. The summed E-state index contributed by atoms with van der Waals surface area (Å²) < 4.78 is 25.0. The Bertz CT molecular complexity index is 687. The first-order valence-corrected chi connectivity index (χ1v) is 10.6. The van der Waals surface area contributed by atoms with Crippen LogP contribution in [0.2, 0.25) is 0 Å². The van der Waals surface area contributed by atoms with E-state index >= 15 is 0 Å². The maximum atomic E-state index is 12.7. The first kappa shape index (κ1) is 17.3. The van der Waals surface area contributed by atoms with Gasteiger partial charge in [0.05, 0.1) is 11.7 Å². The Hall–Kier alpha value is -1.56. The van der Waals surface area contributed by atoms with Gasteiger partial charge < -0.3 is 5.32 Å². The highest BCUT2D eigenvalue weighted by molar-refractivity contribution is 7.92. The summed E-state index contributed by atoms with van der Waals surface area (Å²) in [5.74, 6) is 0.747. The third-order valence-electron chi connectivity index (χ3n) is 5.20. The highest BCUT2D eigenvalue weighted by Crippen LogP contribution is 2.48. The van der Waals surface area contributed by atoms with Gasteiger partial charge >= 0.3 is 0 Å². The molecule has 2 aliphatic rings. The predicted molar refractivity (Wildman–Crippen MR) is 95.4 cm³/mol. The predicted octanol–water partition coefficient (Wildman–Crippen LogP) is 2.79. The summed E-state index contributed by atoms with van der Waals surface area (Å²) in [6.45, 7) is 0.786. The summed E-state index contributed by atoms with van der Waals surface area (Å²) in [5, 5.41) is 3.16. The quantitative estimate of drug-likeness (QED) is 0.828. The van der Waals surface area contributed by atoms with Gasteiger partial charge in [0.15, 0.2) is 0 Å². The van der Waals surface area contributed by atoms with Gasteiger partial charge in [-0.2, -0.15) is 0 Å². The Morgan fingerprint density at radius 2 is 1.75 bits per heavy atom. The zero-order valence-electron chi connectivity index (χ0n) is 14.2. The second kappa shape index (κ2) is 6.75. The van der Waals surface area contributed by atoms with Crippen molar-refractivity contribution in [3.8, 4) is 0 Å². The Morgan fingerprint density at radius 3 is 2.29 bits per heavy atom. The van der Waals surface area contributed by atoms with Crippen LogP contribution in [0.4, 0.5) is 5.69 Å². The molecule has 3 rings (SSSR count). The van der Waals surface area contributed by atoms with Crippen molar-refractivity contribution in [1.29, 1.82) is 0 Å². The normalized spacial score (nSPS) is 20.4. The molecule has 0 aromatic heterocycles. The van der Waals surface area contributed by atoms with Crippen LogP contribution in [0.15, 0.2) is 24.3 Å². The first-order valence-electron chi connectivity index (χ1n) is 8.76. The Labute approximate surface area is 144 Å². The highest BCUT2D eigenvalue weighted by Gasteiger charge is 2.51. The number of amides is 1. The van der Waals surface area contributed by atoms with Gasteiger partial charge in [-0.15, -0.1) is 0 Å². The minimum Gasteiger partial charge on any atom is -0.355 e. The van der Waals surface area contributed by atoms with Crippen LogP contribution in [0.25, 0.3) is 0 Å². The van der Waals surface area contributed by atoms with Crippen LogP contribution in [0, 0.1) is 5.92 Å². The van der Waals surface area contributed by atoms with Crippen molar-refractivity contribution in [1.82, 2.24) is 5.32 Å². The molecule has 0 aliphatic heterocycles. The van der Waals surface area contributed by atoms with E-state index in [9.17, 15) is 13.2 Å². The number of sulfonamides is 1. The average Bonchev–Trinajstić information content (AvgIpc) is 3.35. The number of carbonyl (C=O) groups is 1. The van der Waals surface area contributed by atoms with Crippen LogP contribution in [0.3, 0.4) is 0 Å². The second-order valence-electron chi connectivity index (χ2n) is 7.25. The fourth-order valence-corrected chi connectivity index (χ4v) is 4.20. The van der Waals surface area contributed by atoms with Gasteiger partial charge in [0, 0.05) is 12.2 Å². The van der Waals surface area contributed by atoms with Gasteiger partial charge in [0.1, 0.15) is 0 Å². The van der Waals surface area contributed by atoms with Crippen LogP contribution >= 0.6 is 0 Å². The summed E-state index contributed by atoms with van der Waals surface area (Å²) >= 11 is 0. The first-order chi connectivity index (χ1) is 11.4. The zero-order chi connectivity index (χ0) is 17.2. The lowest BCUT2D eigenvalue weighted by Crippen LogP contribution is -2.38. The van der Waals surface area contributed by atoms with Crippen LogP contribution in [0.1, 0.15) is 50.5 Å². The topological polar surface area (TPSA) is 75.3 Å². The molecular formula is C18H26N2O3S. The summed E-state index contributed by atoms with van der Waals surface area (Å²) in [6, 6.07) is 7.18. The average molecular weight is 350 g/mol. The van der Waals surface area contributed by atoms with E-state index in [1.165, 1.54) is 32.1 Å². The zero-order valence-corrected chi connectivity index (χ0v) is 15.0. The van der Waals surface area contributed by atoms with E-state index in [4.69, 9.17) is 0 Å². The standard InChI is InChI=1S/C18H26N2O3S/c1-24(22,23)20-16-9-7-15(8-10-16)18(11-12-18)17(21)19-13-14-5-3-2-4-6-14/h7-10,14,20H,2-6,11-13H2,1H3,(H,19,21). The molecule has 0 heterocycles. The molecule has 5 nitrogen and oxygen atoms in total. The van der Waals surface area contributed by atoms with E-state index < -0.39 is 15.4 Å². The van der Waals surface area contributed by atoms with Gasteiger partial charge in [-0.05, 0) is 49.3 Å². The smallest absolute Gasteiger partial charge is 0.230 e. The van der Waals surface area contributed by atoms with Gasteiger partial charge in [0.2, 0.25) is 15.9 Å². The fourth-order valence-electron chi connectivity index (χ4n) is 3.64. The van der Waals surface area contributed by atoms with Crippen molar-refractivity contribution in [3.05, 3.63) is 29.8 Å². The number of anilines is 1. The number of benzene rings is 1. The third-order valence-corrected chi connectivity index (χ3v) is 5.81. The maximum Gasteiger partial charge on any atom is 0.230 e. The Kier molecular flexibility index (Phi) is 4.85. The van der Waals surface area contributed by atoms with Gasteiger partial charge in [-0.3, -0.25) is 9.52 Å². The van der Waals surface area contributed by atoms with Crippen LogP contribution in [-0.4, -0.2) is 27.1 Å². The molecule has 0 radical (unpaired) electrons. The molecule has 0 bridgehead atoms. The molecule has 0 spiro atoms. The van der Waals surface area contributed by atoms with Crippen LogP contribution in [0.5, 0.6) is 0 Å². The number of hydrogen-bond acceptors (Lipinski definition) is 3. The molecule has 2 N–H and O–H groups in total. The Balaban J connectivity index is 1.61. The molecule has 1 aromatic rings. The highest BCUT2D eigenvalue weighted by atomic mass is 32.2. The van der Waals surface area contributed by atoms with E-state index in [1.54, 1.807) is 12.1 Å². The lowest BCUT2D eigenvalue weighted by molar-refractivity contribution is -0.123. The van der Waals surface area contributed by atoms with Crippen molar-refractivity contribution in [2.75, 3.05) is 17.5 Å². The van der Waals surface area contributed by atoms with E-state index in [1.807, 2.05) is 12.1 Å². The summed E-state index contributed by atoms with van der Waals surface area (Å²) in [6.07, 6.45) is 9.17. The van der Waals surface area contributed by atoms with E-state index in [0.29, 0.717) is 11.6 Å². The molecule has 0 saturated heterocycles. The van der Waals surface area contributed by atoms with Crippen molar-refractivity contribution >= 4 is 21.6 Å². The monoisotopic (exact) mass is 350 g/mol. The van der Waals surface area contributed by atoms with Gasteiger partial charge in [-0.25, -0.2) is 8.42 Å². The molecule has 6 heteroatoms. The van der Waals surface area contributed by atoms with Gasteiger partial charge in [-0.1, -0.05) is 31.4 Å². The summed E-state index contributed by atoms with van der Waals surface area (Å²) in [5.41, 5.74) is 1.10. The van der Waals surface area contributed by atoms with Crippen LogP contribution in [-0.2, 0) is 20.2 Å². The molecule has 24 heavy (non-hydrogen) atoms. The minimum atomic E-state index is -3.28. The Morgan fingerprint density at radius 1 is 1.12 bits per heavy atom. The lowest BCUT2D eigenvalue weighted by Gasteiger charge is -2.23. The van der Waals surface area contributed by atoms with E-state index in [0.717, 1.165) is 31.2 Å². The summed E-state index contributed by atoms with van der Waals surface area (Å²) in [4.78, 5) is 12.7. The molecule has 132 valence electrons. The molecular weight excluding hydrogens is 324 g/mol. The van der Waals surface area contributed by atoms with E-state index in [2.05, 4.69) is 10.0 Å². The molecule has 2 saturated carbocycles. The number of carbonyl (C=O) groups excluding carboxylic acids is 1. The molecule has 2 fully saturated rings.